The maximum Gasteiger partial charge on any atom is 0.342 e. The van der Waals surface area contributed by atoms with Crippen molar-refractivity contribution in [1.29, 1.82) is 0 Å². The van der Waals surface area contributed by atoms with Crippen LogP contribution in [0.15, 0.2) is 26.7 Å². The van der Waals surface area contributed by atoms with Gasteiger partial charge < -0.3 is 14.6 Å². The van der Waals surface area contributed by atoms with E-state index in [9.17, 15) is 9.90 Å². The van der Waals surface area contributed by atoms with Crippen molar-refractivity contribution in [1.82, 2.24) is 15.2 Å². The lowest BCUT2D eigenvalue weighted by Gasteiger charge is -2.10. The zero-order chi connectivity index (χ0) is 17.0. The van der Waals surface area contributed by atoms with Gasteiger partial charge in [0.2, 0.25) is 5.16 Å². The van der Waals surface area contributed by atoms with E-state index in [1.807, 2.05) is 0 Å². The molecular formula is C14H14BrN3O4S. The number of hydrogen-bond donors (Lipinski definition) is 2. The van der Waals surface area contributed by atoms with Gasteiger partial charge in [0, 0.05) is 11.6 Å². The van der Waals surface area contributed by atoms with Gasteiger partial charge in [0.1, 0.15) is 22.2 Å². The molecule has 7 nitrogen and oxygen atoms in total. The van der Waals surface area contributed by atoms with Crippen LogP contribution in [0.2, 0.25) is 0 Å². The Morgan fingerprint density at radius 1 is 1.35 bits per heavy atom. The average Bonchev–Trinajstić information content (AvgIpc) is 2.92. The summed E-state index contributed by atoms with van der Waals surface area (Å²) in [6.45, 7) is 1.74. The second kappa shape index (κ2) is 7.51. The van der Waals surface area contributed by atoms with E-state index in [0.717, 1.165) is 11.8 Å². The van der Waals surface area contributed by atoms with E-state index in [1.165, 1.54) is 13.2 Å². The van der Waals surface area contributed by atoms with Gasteiger partial charge >= 0.3 is 5.97 Å². The Bertz CT molecular complexity index is 760. The zero-order valence-electron chi connectivity index (χ0n) is 12.6. The summed E-state index contributed by atoms with van der Waals surface area (Å²) in [7, 11) is 3.05. The molecule has 122 valence electrons. The van der Waals surface area contributed by atoms with E-state index < -0.39 is 5.97 Å². The fourth-order valence-electron chi connectivity index (χ4n) is 1.74. The van der Waals surface area contributed by atoms with Crippen molar-refractivity contribution in [2.24, 2.45) is 0 Å². The van der Waals surface area contributed by atoms with E-state index in [0.29, 0.717) is 32.5 Å². The number of methoxy groups -OCH3 is 2. The van der Waals surface area contributed by atoms with Crippen LogP contribution in [0.4, 0.5) is 0 Å². The number of aliphatic carboxylic acids is 1. The molecular weight excluding hydrogens is 386 g/mol. The van der Waals surface area contributed by atoms with E-state index >= 15 is 0 Å². The summed E-state index contributed by atoms with van der Waals surface area (Å²) in [5.74, 6) is 0.622. The van der Waals surface area contributed by atoms with Gasteiger partial charge in [0.15, 0.2) is 0 Å². The number of thioether (sulfide) groups is 1. The predicted octanol–water partition coefficient (Wildman–Crippen LogP) is 3.11. The molecule has 2 N–H and O–H groups in total. The molecule has 0 bridgehead atoms. The molecule has 0 unspecified atom stereocenters. The molecule has 1 aromatic heterocycles. The molecule has 0 radical (unpaired) electrons. The quantitative estimate of drug-likeness (QED) is 0.568. The highest BCUT2D eigenvalue weighted by atomic mass is 79.9. The predicted molar refractivity (Wildman–Crippen MR) is 89.8 cm³/mol. The summed E-state index contributed by atoms with van der Waals surface area (Å²) in [6.07, 6.45) is 1.50. The maximum atomic E-state index is 11.5. The fourth-order valence-corrected chi connectivity index (χ4v) is 3.01. The first-order valence-electron chi connectivity index (χ1n) is 6.38. The average molecular weight is 400 g/mol. The minimum atomic E-state index is -1.08. The van der Waals surface area contributed by atoms with Crippen LogP contribution in [0.25, 0.3) is 6.08 Å². The Labute approximate surface area is 145 Å². The third-order valence-corrected chi connectivity index (χ3v) is 4.28. The monoisotopic (exact) mass is 399 g/mol. The number of nitrogens with one attached hydrogen (secondary N) is 1. The number of carboxylic acids is 1. The first-order valence-corrected chi connectivity index (χ1v) is 7.99. The lowest BCUT2D eigenvalue weighted by molar-refractivity contribution is -0.131. The lowest BCUT2D eigenvalue weighted by Crippen LogP contribution is -1.98. The molecule has 0 aliphatic rings. The summed E-state index contributed by atoms with van der Waals surface area (Å²) in [5, 5.41) is 16.3. The zero-order valence-corrected chi connectivity index (χ0v) is 15.0. The van der Waals surface area contributed by atoms with Gasteiger partial charge in [0.25, 0.3) is 0 Å². The van der Waals surface area contributed by atoms with Crippen molar-refractivity contribution >= 4 is 39.7 Å². The number of hydrogen-bond acceptors (Lipinski definition) is 6. The molecule has 2 aromatic rings. The first kappa shape index (κ1) is 17.4. The van der Waals surface area contributed by atoms with Gasteiger partial charge in [0.05, 0.1) is 18.7 Å². The second-order valence-corrected chi connectivity index (χ2v) is 6.21. The normalized spacial score (nSPS) is 11.4. The number of benzene rings is 1. The van der Waals surface area contributed by atoms with Crippen LogP contribution in [0.5, 0.6) is 11.5 Å². The number of carbonyl (C=O) groups is 1. The molecule has 1 heterocycles. The van der Waals surface area contributed by atoms with Gasteiger partial charge in [-0.25, -0.2) is 9.78 Å². The van der Waals surface area contributed by atoms with E-state index in [-0.39, 0.29) is 4.91 Å². The number of H-pyrrole nitrogens is 1. The Morgan fingerprint density at radius 2 is 2.04 bits per heavy atom. The summed E-state index contributed by atoms with van der Waals surface area (Å²) in [6, 6.07) is 3.40. The van der Waals surface area contributed by atoms with E-state index in [2.05, 4.69) is 31.1 Å². The molecule has 23 heavy (non-hydrogen) atoms. The highest BCUT2D eigenvalue weighted by molar-refractivity contribution is 9.10. The lowest BCUT2D eigenvalue weighted by atomic mass is 10.1. The van der Waals surface area contributed by atoms with Crippen LogP contribution in [-0.4, -0.2) is 40.5 Å². The number of aryl methyl sites for hydroxylation is 1. The van der Waals surface area contributed by atoms with Crippen molar-refractivity contribution in [3.05, 3.63) is 32.9 Å². The van der Waals surface area contributed by atoms with Crippen LogP contribution in [-0.2, 0) is 4.79 Å². The largest absolute Gasteiger partial charge is 0.496 e. The number of aromatic amines is 1. The molecule has 0 aliphatic carbocycles. The smallest absolute Gasteiger partial charge is 0.342 e. The number of halogens is 1. The van der Waals surface area contributed by atoms with Gasteiger partial charge in [-0.2, -0.15) is 0 Å². The van der Waals surface area contributed by atoms with Crippen LogP contribution in [0, 0.1) is 6.92 Å². The Kier molecular flexibility index (Phi) is 5.67. The Balaban J connectivity index is 2.42. The minimum Gasteiger partial charge on any atom is -0.496 e. The third-order valence-electron chi connectivity index (χ3n) is 2.78. The SMILES string of the molecule is COc1cc(OC)c(/C=C(\Sc2n[nH]c(C)n2)C(=O)O)cc1Br. The summed E-state index contributed by atoms with van der Waals surface area (Å²) in [4.78, 5) is 15.7. The van der Waals surface area contributed by atoms with Crippen molar-refractivity contribution < 1.29 is 19.4 Å². The molecule has 0 amide bonds. The van der Waals surface area contributed by atoms with Gasteiger partial charge in [-0.15, -0.1) is 5.10 Å². The fraction of sp³-hybridized carbons (Fsp3) is 0.214. The van der Waals surface area contributed by atoms with Gasteiger partial charge in [-0.3, -0.25) is 5.10 Å². The van der Waals surface area contributed by atoms with Gasteiger partial charge in [-0.1, -0.05) is 0 Å². The molecule has 9 heteroatoms. The standard InChI is InChI=1S/C14H14BrN3O4S/c1-7-16-14(18-17-7)23-12(13(19)20)5-8-4-9(15)11(22-3)6-10(8)21-2/h4-6H,1-3H3,(H,19,20)(H,16,17,18)/b12-5-. The first-order chi connectivity index (χ1) is 10.9. The molecule has 0 fully saturated rings. The van der Waals surface area contributed by atoms with Crippen molar-refractivity contribution in [2.75, 3.05) is 14.2 Å². The summed E-state index contributed by atoms with van der Waals surface area (Å²) >= 11 is 4.33. The number of carboxylic acid groups (broad SMARTS) is 1. The number of rotatable bonds is 6. The minimum absolute atomic E-state index is 0.0689. The number of ether oxygens (including phenoxy) is 2. The van der Waals surface area contributed by atoms with Crippen molar-refractivity contribution in [3.63, 3.8) is 0 Å². The Morgan fingerprint density at radius 3 is 2.57 bits per heavy atom. The second-order valence-electron chi connectivity index (χ2n) is 4.35. The van der Waals surface area contributed by atoms with Crippen LogP contribution >= 0.6 is 27.7 Å². The van der Waals surface area contributed by atoms with Crippen molar-refractivity contribution in [2.45, 2.75) is 12.1 Å². The summed E-state index contributed by atoms with van der Waals surface area (Å²) < 4.78 is 11.2. The topological polar surface area (TPSA) is 97.3 Å². The summed E-state index contributed by atoms with van der Waals surface area (Å²) in [5.41, 5.74) is 0.595. The molecule has 1 aromatic carbocycles. The van der Waals surface area contributed by atoms with Gasteiger partial charge in [-0.05, 0) is 46.8 Å². The third kappa shape index (κ3) is 4.26. The van der Waals surface area contributed by atoms with Crippen LogP contribution < -0.4 is 9.47 Å². The van der Waals surface area contributed by atoms with Crippen molar-refractivity contribution in [3.8, 4) is 11.5 Å². The molecule has 0 saturated carbocycles. The molecule has 0 saturated heterocycles. The maximum absolute atomic E-state index is 11.5. The molecule has 2 rings (SSSR count). The number of nitrogens with zero attached hydrogens (tertiary/aromatic N) is 2. The number of aromatic nitrogens is 3. The van der Waals surface area contributed by atoms with Crippen LogP contribution in [0.3, 0.4) is 0 Å². The highest BCUT2D eigenvalue weighted by Crippen LogP contribution is 2.35. The van der Waals surface area contributed by atoms with Crippen LogP contribution in [0.1, 0.15) is 11.4 Å². The Hall–Kier alpha value is -2.00. The molecule has 0 spiro atoms. The van der Waals surface area contributed by atoms with E-state index in [4.69, 9.17) is 9.47 Å². The highest BCUT2D eigenvalue weighted by Gasteiger charge is 2.15. The molecule has 0 atom stereocenters. The molecule has 0 aliphatic heterocycles. The van der Waals surface area contributed by atoms with E-state index in [1.54, 1.807) is 26.2 Å².